The van der Waals surface area contributed by atoms with E-state index in [0.717, 1.165) is 61.4 Å². The van der Waals surface area contributed by atoms with Crippen molar-refractivity contribution in [2.45, 2.75) is 26.7 Å². The fourth-order valence-electron chi connectivity index (χ4n) is 3.14. The number of nitrogens with zero attached hydrogens (tertiary/aromatic N) is 2. The van der Waals surface area contributed by atoms with Crippen molar-refractivity contribution in [2.24, 2.45) is 0 Å². The third-order valence-corrected chi connectivity index (χ3v) is 4.38. The summed E-state index contributed by atoms with van der Waals surface area (Å²) in [5.74, 6) is -0.00802. The Balaban J connectivity index is 1.48. The molecule has 0 bridgehead atoms. The Hall–Kier alpha value is -1.92. The van der Waals surface area contributed by atoms with Crippen molar-refractivity contribution in [3.63, 3.8) is 0 Å². The van der Waals surface area contributed by atoms with Gasteiger partial charge in [0.15, 0.2) is 5.58 Å². The Labute approximate surface area is 142 Å². The Morgan fingerprint density at radius 2 is 2.08 bits per heavy atom. The van der Waals surface area contributed by atoms with E-state index in [2.05, 4.69) is 21.4 Å². The van der Waals surface area contributed by atoms with E-state index >= 15 is 0 Å². The van der Waals surface area contributed by atoms with Gasteiger partial charge in [-0.1, -0.05) is 11.2 Å². The Bertz CT molecular complexity index is 705. The maximum Gasteiger partial charge on any atom is 0.226 e. The average molecular weight is 331 g/mol. The van der Waals surface area contributed by atoms with Gasteiger partial charge in [0.1, 0.15) is 5.69 Å². The molecule has 24 heavy (non-hydrogen) atoms. The topological polar surface area (TPSA) is 67.6 Å². The van der Waals surface area contributed by atoms with Gasteiger partial charge in [-0.05, 0) is 44.0 Å². The zero-order valence-electron chi connectivity index (χ0n) is 14.4. The summed E-state index contributed by atoms with van der Waals surface area (Å²) in [6.45, 7) is 9.30. The fourth-order valence-corrected chi connectivity index (χ4v) is 3.14. The zero-order chi connectivity index (χ0) is 16.9. The maximum atomic E-state index is 12.1. The summed E-state index contributed by atoms with van der Waals surface area (Å²) in [6, 6.07) is 4.09. The van der Waals surface area contributed by atoms with Crippen molar-refractivity contribution in [3.8, 4) is 0 Å². The molecule has 0 atom stereocenters. The van der Waals surface area contributed by atoms with Crippen LogP contribution in [-0.4, -0.2) is 55.4 Å². The minimum absolute atomic E-state index is 0.00802. The molecule has 1 aromatic heterocycles. The molecule has 6 heteroatoms. The zero-order valence-corrected chi connectivity index (χ0v) is 14.4. The minimum Gasteiger partial charge on any atom is -0.379 e. The number of hydrogen-bond acceptors (Lipinski definition) is 5. The second-order valence-corrected chi connectivity index (χ2v) is 6.42. The van der Waals surface area contributed by atoms with Crippen molar-refractivity contribution in [3.05, 3.63) is 29.0 Å². The molecule has 0 saturated carbocycles. The molecular weight excluding hydrogens is 306 g/mol. The van der Waals surface area contributed by atoms with Crippen LogP contribution in [0.2, 0.25) is 0 Å². The molecule has 1 fully saturated rings. The number of benzene rings is 1. The quantitative estimate of drug-likeness (QED) is 0.818. The molecule has 0 unspecified atom stereocenters. The number of carbonyl (C=O) groups is 1. The predicted octanol–water partition coefficient (Wildman–Crippen LogP) is 1.83. The Kier molecular flexibility index (Phi) is 5.48. The van der Waals surface area contributed by atoms with Gasteiger partial charge < -0.3 is 14.6 Å². The number of rotatable bonds is 6. The molecule has 0 spiro atoms. The van der Waals surface area contributed by atoms with Crippen LogP contribution in [0.5, 0.6) is 0 Å². The normalized spacial score (nSPS) is 15.8. The highest BCUT2D eigenvalue weighted by molar-refractivity contribution is 5.88. The molecule has 1 saturated heterocycles. The highest BCUT2D eigenvalue weighted by Crippen LogP contribution is 2.24. The molecule has 6 nitrogen and oxygen atoms in total. The lowest BCUT2D eigenvalue weighted by Gasteiger charge is -2.26. The van der Waals surface area contributed by atoms with Crippen LogP contribution < -0.4 is 5.32 Å². The van der Waals surface area contributed by atoms with E-state index in [-0.39, 0.29) is 12.3 Å². The van der Waals surface area contributed by atoms with Gasteiger partial charge in [-0.3, -0.25) is 9.69 Å². The number of aryl methyl sites for hydroxylation is 2. The van der Waals surface area contributed by atoms with E-state index in [1.807, 2.05) is 19.9 Å². The van der Waals surface area contributed by atoms with Crippen LogP contribution in [0, 0.1) is 13.8 Å². The lowest BCUT2D eigenvalue weighted by Crippen LogP contribution is -2.38. The van der Waals surface area contributed by atoms with Gasteiger partial charge in [0.05, 0.1) is 19.6 Å². The van der Waals surface area contributed by atoms with Crippen molar-refractivity contribution in [2.75, 3.05) is 39.4 Å². The summed E-state index contributed by atoms with van der Waals surface area (Å²) in [5, 5.41) is 8.00. The van der Waals surface area contributed by atoms with E-state index < -0.39 is 0 Å². The first-order valence-corrected chi connectivity index (χ1v) is 8.56. The largest absolute Gasteiger partial charge is 0.379 e. The number of morpholine rings is 1. The first-order chi connectivity index (χ1) is 11.6. The Morgan fingerprint density at radius 3 is 2.88 bits per heavy atom. The van der Waals surface area contributed by atoms with Crippen molar-refractivity contribution >= 4 is 16.9 Å². The monoisotopic (exact) mass is 331 g/mol. The van der Waals surface area contributed by atoms with Crippen LogP contribution in [0.3, 0.4) is 0 Å². The summed E-state index contributed by atoms with van der Waals surface area (Å²) in [5.41, 5.74) is 3.68. The first-order valence-electron chi connectivity index (χ1n) is 8.56. The van der Waals surface area contributed by atoms with Gasteiger partial charge in [0, 0.05) is 25.0 Å². The number of ether oxygens (including phenoxy) is 1. The molecule has 0 radical (unpaired) electrons. The number of carbonyl (C=O) groups excluding carboxylic acids is 1. The smallest absolute Gasteiger partial charge is 0.226 e. The number of amides is 1. The maximum absolute atomic E-state index is 12.1. The van der Waals surface area contributed by atoms with Crippen LogP contribution in [-0.2, 0) is 16.0 Å². The SMILES string of the molecule is Cc1cc(C)c2onc(CC(=O)NCCCN3CCOCC3)c2c1. The molecule has 1 aliphatic heterocycles. The predicted molar refractivity (Wildman–Crippen MR) is 92.1 cm³/mol. The molecule has 130 valence electrons. The van der Waals surface area contributed by atoms with Crippen molar-refractivity contribution < 1.29 is 14.1 Å². The van der Waals surface area contributed by atoms with Gasteiger partial charge in [0.25, 0.3) is 0 Å². The van der Waals surface area contributed by atoms with Crippen LogP contribution in [0.1, 0.15) is 23.2 Å². The molecule has 1 N–H and O–H groups in total. The summed E-state index contributed by atoms with van der Waals surface area (Å²) in [4.78, 5) is 14.5. The van der Waals surface area contributed by atoms with Gasteiger partial charge in [-0.2, -0.15) is 0 Å². The van der Waals surface area contributed by atoms with Crippen molar-refractivity contribution in [1.29, 1.82) is 0 Å². The van der Waals surface area contributed by atoms with Gasteiger partial charge in [0.2, 0.25) is 5.91 Å². The lowest BCUT2D eigenvalue weighted by atomic mass is 10.1. The molecule has 0 aliphatic carbocycles. The molecule has 2 heterocycles. The summed E-state index contributed by atoms with van der Waals surface area (Å²) >= 11 is 0. The molecule has 1 aliphatic rings. The number of hydrogen-bond donors (Lipinski definition) is 1. The number of fused-ring (bicyclic) bond motifs is 1. The second-order valence-electron chi connectivity index (χ2n) is 6.42. The molecule has 3 rings (SSSR count). The van der Waals surface area contributed by atoms with Gasteiger partial charge in [-0.25, -0.2) is 0 Å². The second kappa shape index (κ2) is 7.77. The summed E-state index contributed by atoms with van der Waals surface area (Å²) in [6.07, 6.45) is 1.21. The third-order valence-electron chi connectivity index (χ3n) is 4.38. The van der Waals surface area contributed by atoms with Gasteiger partial charge >= 0.3 is 0 Å². The van der Waals surface area contributed by atoms with Crippen LogP contribution in [0.15, 0.2) is 16.7 Å². The molecular formula is C18H25N3O3. The van der Waals surface area contributed by atoms with E-state index in [1.165, 1.54) is 0 Å². The van der Waals surface area contributed by atoms with E-state index in [9.17, 15) is 4.79 Å². The van der Waals surface area contributed by atoms with Crippen LogP contribution >= 0.6 is 0 Å². The minimum atomic E-state index is -0.00802. The highest BCUT2D eigenvalue weighted by Gasteiger charge is 2.14. The highest BCUT2D eigenvalue weighted by atomic mass is 16.5. The summed E-state index contributed by atoms with van der Waals surface area (Å²) in [7, 11) is 0. The first kappa shape index (κ1) is 16.9. The Morgan fingerprint density at radius 1 is 1.29 bits per heavy atom. The standard InChI is InChI=1S/C18H25N3O3/c1-13-10-14(2)18-15(11-13)16(20-24-18)12-17(22)19-4-3-5-21-6-8-23-9-7-21/h10-11H,3-9,12H2,1-2H3,(H,19,22). The summed E-state index contributed by atoms with van der Waals surface area (Å²) < 4.78 is 10.7. The van der Waals surface area contributed by atoms with Crippen LogP contribution in [0.25, 0.3) is 11.0 Å². The van der Waals surface area contributed by atoms with E-state index in [4.69, 9.17) is 9.26 Å². The average Bonchev–Trinajstić information content (AvgIpc) is 2.96. The fraction of sp³-hybridized carbons (Fsp3) is 0.556. The molecule has 1 aromatic carbocycles. The number of nitrogens with one attached hydrogen (secondary N) is 1. The van der Waals surface area contributed by atoms with Crippen LogP contribution in [0.4, 0.5) is 0 Å². The lowest BCUT2D eigenvalue weighted by molar-refractivity contribution is -0.120. The molecule has 2 aromatic rings. The number of aromatic nitrogens is 1. The third kappa shape index (κ3) is 4.13. The van der Waals surface area contributed by atoms with E-state index in [0.29, 0.717) is 12.2 Å². The van der Waals surface area contributed by atoms with Gasteiger partial charge in [-0.15, -0.1) is 0 Å². The van der Waals surface area contributed by atoms with E-state index in [1.54, 1.807) is 0 Å². The van der Waals surface area contributed by atoms with Crippen molar-refractivity contribution in [1.82, 2.24) is 15.4 Å². The molecule has 1 amide bonds.